The van der Waals surface area contributed by atoms with Crippen LogP contribution < -0.4 is 0 Å². The average molecular weight is 660 g/mol. The number of nitrogens with zero attached hydrogens (tertiary/aromatic N) is 1. The van der Waals surface area contributed by atoms with Crippen LogP contribution in [0.4, 0.5) is 0 Å². The quantitative estimate of drug-likeness (QED) is 0.0404. The Kier molecular flexibility index (Phi) is 16.5. The fraction of sp³-hybridized carbons (Fsp3) is 0.880. The Morgan fingerprint density at radius 3 is 1.73 bits per heavy atom. The van der Waals surface area contributed by atoms with Gasteiger partial charge in [0.25, 0.3) is 0 Å². The van der Waals surface area contributed by atoms with E-state index in [0.29, 0.717) is 36.2 Å². The first-order chi connectivity index (χ1) is 17.9. The first-order valence-corrected chi connectivity index (χ1v) is 27.6. The molecule has 0 atom stereocenters. The summed E-state index contributed by atoms with van der Waals surface area (Å²) in [5.41, 5.74) is 0.381. The average Bonchev–Trinajstić information content (AvgIpc) is 2.68. The second-order valence-electron chi connectivity index (χ2n) is 13.4. The zero-order valence-corrected chi connectivity index (χ0v) is 31.8. The van der Waals surface area contributed by atoms with Crippen LogP contribution in [-0.2, 0) is 36.7 Å². The van der Waals surface area contributed by atoms with Gasteiger partial charge in [-0.1, -0.05) is 6.58 Å². The van der Waals surface area contributed by atoms with Crippen LogP contribution in [0.2, 0.25) is 64.5 Å². The van der Waals surface area contributed by atoms with Crippen molar-refractivity contribution in [2.24, 2.45) is 0 Å². The van der Waals surface area contributed by atoms with Crippen LogP contribution in [0.15, 0.2) is 12.2 Å². The Bertz CT molecular complexity index is 910. The maximum Gasteiger partial charge on any atom is 0.333 e. The van der Waals surface area contributed by atoms with Gasteiger partial charge in [0.1, 0.15) is 6.61 Å². The molecule has 0 spiro atoms. The number of hydrogen-bond acceptors (Lipinski definition) is 9. The molecule has 0 N–H and O–H groups in total. The van der Waals surface area contributed by atoms with E-state index in [0.717, 1.165) is 31.5 Å². The summed E-state index contributed by atoms with van der Waals surface area (Å²) >= 11 is 0. The van der Waals surface area contributed by atoms with E-state index in [1.165, 1.54) is 0 Å². The van der Waals surface area contributed by atoms with E-state index in [-0.39, 0.29) is 12.4 Å². The third-order valence-electron chi connectivity index (χ3n) is 6.11. The van der Waals surface area contributed by atoms with Crippen LogP contribution in [-0.4, -0.2) is 110 Å². The van der Waals surface area contributed by atoms with Gasteiger partial charge in [0, 0.05) is 24.4 Å². The molecule has 0 fully saturated rings. The SMILES string of the molecule is C=C(C)C(=O)OCCOCCC[Si](C)(C)O[Si](C)(C)O[Si](C)(C)O[Si](C)(C)CCC[N+](C)(C)CCCS(=O)(=O)[O-]. The first-order valence-electron chi connectivity index (χ1n) is 14.1. The summed E-state index contributed by atoms with van der Waals surface area (Å²) in [5, 5.41) is 0. The van der Waals surface area contributed by atoms with E-state index in [9.17, 15) is 17.8 Å². The van der Waals surface area contributed by atoms with Crippen molar-refractivity contribution in [3.8, 4) is 0 Å². The van der Waals surface area contributed by atoms with E-state index in [1.54, 1.807) is 6.92 Å². The van der Waals surface area contributed by atoms with Crippen LogP contribution >= 0.6 is 0 Å². The third-order valence-corrected chi connectivity index (χ3v) is 22.3. The Balaban J connectivity index is 4.60. The van der Waals surface area contributed by atoms with Gasteiger partial charge >= 0.3 is 23.1 Å². The van der Waals surface area contributed by atoms with Gasteiger partial charge in [0.2, 0.25) is 0 Å². The summed E-state index contributed by atoms with van der Waals surface area (Å²) in [7, 11) is -8.88. The second kappa shape index (κ2) is 16.6. The van der Waals surface area contributed by atoms with E-state index in [2.05, 4.69) is 73.1 Å². The van der Waals surface area contributed by atoms with E-state index < -0.39 is 49.8 Å². The van der Waals surface area contributed by atoms with Crippen molar-refractivity contribution in [1.82, 2.24) is 0 Å². The van der Waals surface area contributed by atoms with Crippen LogP contribution in [0.1, 0.15) is 26.2 Å². The van der Waals surface area contributed by atoms with Crippen LogP contribution in [0, 0.1) is 0 Å². The summed E-state index contributed by atoms with van der Waals surface area (Å²) in [6.07, 6.45) is 2.22. The normalized spacial score (nSPS) is 13.9. The highest BCUT2D eigenvalue weighted by Crippen LogP contribution is 2.27. The number of rotatable bonds is 22. The lowest BCUT2D eigenvalue weighted by atomic mass is 10.3. The molecule has 0 saturated carbocycles. The molecule has 0 aliphatic rings. The van der Waals surface area contributed by atoms with E-state index in [1.807, 2.05) is 0 Å². The predicted octanol–water partition coefficient (Wildman–Crippen LogP) is 4.78. The minimum atomic E-state index is -4.16. The van der Waals surface area contributed by atoms with Crippen molar-refractivity contribution < 1.29 is 44.1 Å². The van der Waals surface area contributed by atoms with Crippen molar-refractivity contribution in [3.63, 3.8) is 0 Å². The van der Waals surface area contributed by atoms with E-state index >= 15 is 0 Å². The molecule has 15 heteroatoms. The molecule has 0 unspecified atom stereocenters. The lowest BCUT2D eigenvalue weighted by molar-refractivity contribution is -0.890. The zero-order chi connectivity index (χ0) is 31.5. The Morgan fingerprint density at radius 2 is 1.25 bits per heavy atom. The minimum absolute atomic E-state index is 0.224. The molecule has 0 rings (SSSR count). The van der Waals surface area contributed by atoms with Gasteiger partial charge in [-0.2, -0.15) is 0 Å². The third kappa shape index (κ3) is 21.5. The van der Waals surface area contributed by atoms with Crippen molar-refractivity contribution >= 4 is 49.8 Å². The molecule has 0 radical (unpaired) electrons. The largest absolute Gasteiger partial charge is 0.748 e. The van der Waals surface area contributed by atoms with Gasteiger partial charge < -0.3 is 30.9 Å². The molecule has 0 aromatic carbocycles. The molecule has 0 amide bonds. The summed E-state index contributed by atoms with van der Waals surface area (Å²) in [4.78, 5) is 11.4. The number of ether oxygens (including phenoxy) is 2. The molecule has 0 aromatic heterocycles. The van der Waals surface area contributed by atoms with Crippen molar-refractivity contribution in [1.29, 1.82) is 0 Å². The van der Waals surface area contributed by atoms with Gasteiger partial charge in [-0.25, -0.2) is 13.2 Å². The Hall–Kier alpha value is -0.212. The topological polar surface area (TPSA) is 120 Å². The van der Waals surface area contributed by atoms with Crippen LogP contribution in [0.5, 0.6) is 0 Å². The maximum absolute atomic E-state index is 11.4. The molecule has 0 heterocycles. The first kappa shape index (κ1) is 39.8. The molecule has 0 aliphatic carbocycles. The Labute approximate surface area is 248 Å². The fourth-order valence-corrected chi connectivity index (χ4v) is 24.6. The van der Waals surface area contributed by atoms with Gasteiger partial charge in [-0.05, 0) is 84.2 Å². The van der Waals surface area contributed by atoms with Crippen molar-refractivity contribution in [2.75, 3.05) is 52.8 Å². The second-order valence-corrected chi connectivity index (χ2v) is 31.0. The maximum atomic E-state index is 11.4. The summed E-state index contributed by atoms with van der Waals surface area (Å²) in [5.74, 6) is -0.703. The van der Waals surface area contributed by atoms with E-state index in [4.69, 9.17) is 21.8 Å². The lowest BCUT2D eigenvalue weighted by Gasteiger charge is -2.41. The lowest BCUT2D eigenvalue weighted by Crippen LogP contribution is -2.56. The fourth-order valence-electron chi connectivity index (χ4n) is 4.80. The minimum Gasteiger partial charge on any atom is -0.748 e. The number of carbonyl (C=O) groups is 1. The van der Waals surface area contributed by atoms with Crippen molar-refractivity contribution in [3.05, 3.63) is 12.2 Å². The molecule has 0 saturated heterocycles. The smallest absolute Gasteiger partial charge is 0.333 e. The summed E-state index contributed by atoms with van der Waals surface area (Å²) in [6.45, 7) is 25.2. The molecule has 40 heavy (non-hydrogen) atoms. The Morgan fingerprint density at radius 1 is 0.775 bits per heavy atom. The highest BCUT2D eigenvalue weighted by molar-refractivity contribution is 7.85. The molecular formula is C25H57NO9SSi4. The van der Waals surface area contributed by atoms with Crippen LogP contribution in [0.3, 0.4) is 0 Å². The highest BCUT2D eigenvalue weighted by atomic mass is 32.2. The van der Waals surface area contributed by atoms with Gasteiger partial charge in [-0.15, -0.1) is 0 Å². The number of hydrogen-bond donors (Lipinski definition) is 0. The van der Waals surface area contributed by atoms with Crippen LogP contribution in [0.25, 0.3) is 0 Å². The summed E-state index contributed by atoms with van der Waals surface area (Å²) in [6, 6.07) is 1.92. The van der Waals surface area contributed by atoms with Gasteiger partial charge in [0.15, 0.2) is 16.6 Å². The highest BCUT2D eigenvalue weighted by Gasteiger charge is 2.43. The standard InChI is InChI=1S/C25H57NO9SSi4/c1-24(2)25(27)32-20-19-31-18-15-23-38(7,8)34-40(11,12)35-39(9,10)33-37(5,6)22-14-17-26(3,4)16-13-21-36(28,29)30/h1,13-23H2,2-12H3. The number of carbonyl (C=O) groups excluding carboxylic acids is 1. The predicted molar refractivity (Wildman–Crippen MR) is 170 cm³/mol. The molecule has 238 valence electrons. The van der Waals surface area contributed by atoms with Gasteiger partial charge in [0.05, 0.1) is 43.9 Å². The van der Waals surface area contributed by atoms with Gasteiger partial charge in [-0.3, -0.25) is 0 Å². The number of esters is 1. The van der Waals surface area contributed by atoms with Crippen molar-refractivity contribution in [2.45, 2.75) is 90.7 Å². The molecular weight excluding hydrogens is 603 g/mol. The summed E-state index contributed by atoms with van der Waals surface area (Å²) < 4.78 is 64.0. The molecule has 10 nitrogen and oxygen atoms in total. The molecule has 0 bridgehead atoms. The molecule has 0 aliphatic heterocycles. The molecule has 0 aromatic rings. The monoisotopic (exact) mass is 659 g/mol. The number of quaternary nitrogens is 1. The zero-order valence-electron chi connectivity index (χ0n) is 27.0.